The molecule has 4 nitrogen and oxygen atoms in total. The molecule has 4 heteroatoms. The molecule has 32 heavy (non-hydrogen) atoms. The van der Waals surface area contributed by atoms with E-state index in [1.165, 1.54) is 17.2 Å². The van der Waals surface area contributed by atoms with Gasteiger partial charge in [0.15, 0.2) is 0 Å². The minimum absolute atomic E-state index is 0.0221. The summed E-state index contributed by atoms with van der Waals surface area (Å²) in [5.41, 5.74) is 6.22. The fourth-order valence-electron chi connectivity index (χ4n) is 3.50. The molecule has 3 aromatic carbocycles. The summed E-state index contributed by atoms with van der Waals surface area (Å²) in [6, 6.07) is 20.1. The molecule has 0 spiro atoms. The molecule has 4 N–H and O–H groups in total. The standard InChI is InChI=1S/C28H36N2O2/c1-27(2,3)21-11-7-19(8-12-21)17-29-23-15-24(26(32)16-25(23)31)30-18-20-9-13-22(14-10-20)28(4,5)6/h7-16,29-32H,17-18H2,1-6H3. The van der Waals surface area contributed by atoms with Crippen LogP contribution in [-0.2, 0) is 23.9 Å². The number of hydrogen-bond donors (Lipinski definition) is 4. The number of hydrogen-bond acceptors (Lipinski definition) is 4. The second-order valence-electron chi connectivity index (χ2n) is 10.5. The van der Waals surface area contributed by atoms with E-state index < -0.39 is 0 Å². The van der Waals surface area contributed by atoms with Crippen molar-refractivity contribution < 1.29 is 10.2 Å². The zero-order valence-corrected chi connectivity index (χ0v) is 20.1. The van der Waals surface area contributed by atoms with Crippen LogP contribution < -0.4 is 10.6 Å². The Bertz CT molecular complexity index is 958. The maximum absolute atomic E-state index is 10.3. The Hall–Kier alpha value is -3.14. The van der Waals surface area contributed by atoms with Gasteiger partial charge in [-0.2, -0.15) is 0 Å². The lowest BCUT2D eigenvalue weighted by Gasteiger charge is -2.19. The van der Waals surface area contributed by atoms with Crippen LogP contribution in [0, 0.1) is 0 Å². The molecule has 0 aliphatic rings. The van der Waals surface area contributed by atoms with Crippen molar-refractivity contribution in [3.05, 3.63) is 82.9 Å². The number of phenolic OH excluding ortho intramolecular Hbond substituents is 2. The molecule has 170 valence electrons. The average Bonchev–Trinajstić information content (AvgIpc) is 2.72. The van der Waals surface area contributed by atoms with Gasteiger partial charge in [0.2, 0.25) is 0 Å². The summed E-state index contributed by atoms with van der Waals surface area (Å²) in [4.78, 5) is 0. The maximum atomic E-state index is 10.3. The van der Waals surface area contributed by atoms with Crippen molar-refractivity contribution in [1.82, 2.24) is 0 Å². The van der Waals surface area contributed by atoms with Crippen LogP contribution in [0.5, 0.6) is 11.5 Å². The lowest BCUT2D eigenvalue weighted by Crippen LogP contribution is -2.11. The molecule has 3 rings (SSSR count). The largest absolute Gasteiger partial charge is 0.506 e. The van der Waals surface area contributed by atoms with Crippen LogP contribution in [0.4, 0.5) is 11.4 Å². The number of nitrogens with one attached hydrogen (secondary N) is 2. The fraction of sp³-hybridized carbons (Fsp3) is 0.357. The molecule has 0 unspecified atom stereocenters. The predicted octanol–water partition coefficient (Wildman–Crippen LogP) is 6.92. The van der Waals surface area contributed by atoms with E-state index in [1.807, 2.05) is 0 Å². The molecule has 3 aromatic rings. The summed E-state index contributed by atoms with van der Waals surface area (Å²) in [5, 5.41) is 27.1. The van der Waals surface area contributed by atoms with Crippen molar-refractivity contribution in [2.75, 3.05) is 10.6 Å². The topological polar surface area (TPSA) is 64.5 Å². The Morgan fingerprint density at radius 3 is 1.22 bits per heavy atom. The first-order chi connectivity index (χ1) is 14.9. The second-order valence-corrected chi connectivity index (χ2v) is 10.5. The van der Waals surface area contributed by atoms with Crippen molar-refractivity contribution in [1.29, 1.82) is 0 Å². The van der Waals surface area contributed by atoms with Gasteiger partial charge in [0.1, 0.15) is 11.5 Å². The maximum Gasteiger partial charge on any atom is 0.142 e. The minimum atomic E-state index is 0.0221. The number of aromatic hydroxyl groups is 2. The normalized spacial score (nSPS) is 11.9. The number of anilines is 2. The van der Waals surface area contributed by atoms with Gasteiger partial charge in [-0.05, 0) is 39.2 Å². The third kappa shape index (κ3) is 5.97. The Morgan fingerprint density at radius 1 is 0.562 bits per heavy atom. The molecule has 0 saturated heterocycles. The molecule has 0 aliphatic heterocycles. The highest BCUT2D eigenvalue weighted by atomic mass is 16.3. The molecular weight excluding hydrogens is 396 g/mol. The Labute approximate surface area is 192 Å². The molecule has 0 aliphatic carbocycles. The van der Waals surface area contributed by atoms with Gasteiger partial charge in [-0.1, -0.05) is 90.1 Å². The van der Waals surface area contributed by atoms with Gasteiger partial charge < -0.3 is 20.8 Å². The summed E-state index contributed by atoms with van der Waals surface area (Å²) < 4.78 is 0. The summed E-state index contributed by atoms with van der Waals surface area (Å²) in [5.74, 6) is 0.0442. The molecular formula is C28H36N2O2. The van der Waals surface area contributed by atoms with Crippen LogP contribution in [0.15, 0.2) is 60.7 Å². The van der Waals surface area contributed by atoms with Crippen molar-refractivity contribution in [3.63, 3.8) is 0 Å². The van der Waals surface area contributed by atoms with E-state index in [-0.39, 0.29) is 22.3 Å². The third-order valence-electron chi connectivity index (χ3n) is 5.72. The molecule has 0 bridgehead atoms. The van der Waals surface area contributed by atoms with Gasteiger partial charge in [0.25, 0.3) is 0 Å². The smallest absolute Gasteiger partial charge is 0.142 e. The van der Waals surface area contributed by atoms with Gasteiger partial charge >= 0.3 is 0 Å². The van der Waals surface area contributed by atoms with Crippen molar-refractivity contribution in [2.24, 2.45) is 0 Å². The molecule has 0 amide bonds. The summed E-state index contributed by atoms with van der Waals surface area (Å²) in [7, 11) is 0. The summed E-state index contributed by atoms with van der Waals surface area (Å²) in [6.07, 6.45) is 0. The zero-order chi connectivity index (χ0) is 23.5. The van der Waals surface area contributed by atoms with Crippen LogP contribution in [-0.4, -0.2) is 10.2 Å². The van der Waals surface area contributed by atoms with Gasteiger partial charge in [0.05, 0.1) is 11.4 Å². The minimum Gasteiger partial charge on any atom is -0.506 e. The van der Waals surface area contributed by atoms with E-state index >= 15 is 0 Å². The molecule has 0 aromatic heterocycles. The zero-order valence-electron chi connectivity index (χ0n) is 20.1. The molecule has 0 heterocycles. The van der Waals surface area contributed by atoms with Crippen LogP contribution in [0.3, 0.4) is 0 Å². The highest BCUT2D eigenvalue weighted by Gasteiger charge is 2.14. The average molecular weight is 433 g/mol. The van der Waals surface area contributed by atoms with E-state index in [1.54, 1.807) is 6.07 Å². The van der Waals surface area contributed by atoms with Crippen molar-refractivity contribution in [3.8, 4) is 11.5 Å². The van der Waals surface area contributed by atoms with Crippen LogP contribution >= 0.6 is 0 Å². The fourth-order valence-corrected chi connectivity index (χ4v) is 3.50. The Balaban J connectivity index is 1.66. The lowest BCUT2D eigenvalue weighted by molar-refractivity contribution is 0.453. The molecule has 0 fully saturated rings. The summed E-state index contributed by atoms with van der Waals surface area (Å²) >= 11 is 0. The molecule has 0 saturated carbocycles. The Morgan fingerprint density at radius 2 is 0.906 bits per heavy atom. The van der Waals surface area contributed by atoms with E-state index in [2.05, 4.69) is 101 Å². The predicted molar refractivity (Wildman–Crippen MR) is 135 cm³/mol. The first-order valence-corrected chi connectivity index (χ1v) is 11.2. The number of benzene rings is 3. The van der Waals surface area contributed by atoms with Crippen LogP contribution in [0.25, 0.3) is 0 Å². The number of rotatable bonds is 6. The molecule has 0 radical (unpaired) electrons. The SMILES string of the molecule is CC(C)(C)c1ccc(CNc2cc(NCc3ccc(C(C)(C)C)cc3)c(O)cc2O)cc1. The van der Waals surface area contributed by atoms with Crippen molar-refractivity contribution in [2.45, 2.75) is 65.5 Å². The molecule has 0 atom stereocenters. The first kappa shape index (κ1) is 23.5. The lowest BCUT2D eigenvalue weighted by atomic mass is 9.87. The summed E-state index contributed by atoms with van der Waals surface area (Å²) in [6.45, 7) is 14.3. The van der Waals surface area contributed by atoms with E-state index in [4.69, 9.17) is 0 Å². The van der Waals surface area contributed by atoms with E-state index in [0.717, 1.165) is 11.1 Å². The second kappa shape index (κ2) is 9.15. The third-order valence-corrected chi connectivity index (χ3v) is 5.72. The van der Waals surface area contributed by atoms with Crippen LogP contribution in [0.2, 0.25) is 0 Å². The van der Waals surface area contributed by atoms with E-state index in [0.29, 0.717) is 24.5 Å². The van der Waals surface area contributed by atoms with Gasteiger partial charge in [0, 0.05) is 19.2 Å². The van der Waals surface area contributed by atoms with Crippen molar-refractivity contribution >= 4 is 11.4 Å². The van der Waals surface area contributed by atoms with Gasteiger partial charge in [-0.25, -0.2) is 0 Å². The van der Waals surface area contributed by atoms with Gasteiger partial charge in [-0.3, -0.25) is 0 Å². The quantitative estimate of drug-likeness (QED) is 0.252. The monoisotopic (exact) mass is 432 g/mol. The highest BCUT2D eigenvalue weighted by molar-refractivity contribution is 5.70. The first-order valence-electron chi connectivity index (χ1n) is 11.2. The Kier molecular flexibility index (Phi) is 6.73. The van der Waals surface area contributed by atoms with Gasteiger partial charge in [-0.15, -0.1) is 0 Å². The number of phenols is 2. The highest BCUT2D eigenvalue weighted by Crippen LogP contribution is 2.35. The van der Waals surface area contributed by atoms with Crippen LogP contribution in [0.1, 0.15) is 63.8 Å². The van der Waals surface area contributed by atoms with E-state index in [9.17, 15) is 10.2 Å².